The number of benzene rings is 2. The van der Waals surface area contributed by atoms with Gasteiger partial charge in [-0.25, -0.2) is 27.8 Å². The zero-order chi connectivity index (χ0) is 54.2. The second-order valence-corrected chi connectivity index (χ2v) is 25.4. The molecule has 79 heavy (non-hydrogen) atoms. The number of nitrogens with one attached hydrogen (secondary N) is 1. The number of pyridine rings is 2. The zero-order valence-electron chi connectivity index (χ0n) is 44.8. The van der Waals surface area contributed by atoms with Crippen molar-refractivity contribution in [2.24, 2.45) is 16.7 Å². The van der Waals surface area contributed by atoms with Crippen molar-refractivity contribution >= 4 is 72.6 Å². The Bertz CT molecular complexity index is 3830. The van der Waals surface area contributed by atoms with Gasteiger partial charge in [0, 0.05) is 136 Å². The van der Waals surface area contributed by atoms with Crippen LogP contribution >= 0.6 is 22.7 Å². The first-order chi connectivity index (χ1) is 38.2. The predicted octanol–water partition coefficient (Wildman–Crippen LogP) is 9.46. The van der Waals surface area contributed by atoms with Crippen LogP contribution in [-0.2, 0) is 4.79 Å². The molecule has 7 fully saturated rings. The molecule has 2 saturated carbocycles. The molecule has 0 bridgehead atoms. The lowest BCUT2D eigenvalue weighted by molar-refractivity contribution is -0.154. The smallest absolute Gasteiger partial charge is 0.228 e. The van der Waals surface area contributed by atoms with E-state index in [-0.39, 0.29) is 23.0 Å². The molecule has 8 aromatic rings. The molecule has 11 heterocycles. The van der Waals surface area contributed by atoms with Crippen molar-refractivity contribution in [1.29, 1.82) is 10.5 Å². The van der Waals surface area contributed by atoms with E-state index >= 15 is 0 Å². The third-order valence-electron chi connectivity index (χ3n) is 17.2. The van der Waals surface area contributed by atoms with E-state index in [1.807, 2.05) is 18.6 Å². The summed E-state index contributed by atoms with van der Waals surface area (Å²) in [6, 6.07) is 25.8. The third-order valence-corrected chi connectivity index (χ3v) is 19.3. The van der Waals surface area contributed by atoms with Gasteiger partial charge in [0.25, 0.3) is 0 Å². The van der Waals surface area contributed by atoms with Gasteiger partial charge in [0.05, 0.1) is 39.7 Å². The number of rotatable bonds is 11. The van der Waals surface area contributed by atoms with Crippen LogP contribution in [0.3, 0.4) is 0 Å². The molecule has 1 amide bonds. The fraction of sp³-hybridized carbons (Fsp3) is 0.407. The highest BCUT2D eigenvalue weighted by atomic mass is 32.1. The Kier molecular flexibility index (Phi) is 11.7. The summed E-state index contributed by atoms with van der Waals surface area (Å²) < 4.78 is 31.2. The summed E-state index contributed by atoms with van der Waals surface area (Å²) in [5, 5.41) is 34.7. The van der Waals surface area contributed by atoms with Crippen molar-refractivity contribution in [3.63, 3.8) is 0 Å². The van der Waals surface area contributed by atoms with Gasteiger partial charge in [-0.2, -0.15) is 20.7 Å². The van der Waals surface area contributed by atoms with Gasteiger partial charge >= 0.3 is 0 Å². The molecule has 5 saturated heterocycles. The molecular formula is C59H59F2N15OS2. The van der Waals surface area contributed by atoms with Crippen LogP contribution in [0.25, 0.3) is 33.5 Å². The molecule has 20 heteroatoms. The van der Waals surface area contributed by atoms with E-state index in [9.17, 15) is 24.1 Å². The molecule has 16 nitrogen and oxygen atoms in total. The number of likely N-dealkylation sites (tertiary alicyclic amines) is 2. The second-order valence-electron chi connectivity index (χ2n) is 23.5. The quantitative estimate of drug-likeness (QED) is 0.131. The first-order valence-corrected chi connectivity index (χ1v) is 28.9. The topological polar surface area (TPSA) is 156 Å². The summed E-state index contributed by atoms with van der Waals surface area (Å²) in [5.41, 5.74) is 14.2. The zero-order valence-corrected chi connectivity index (χ0v) is 46.4. The number of carbonyl (C=O) groups excluding carboxylic acids is 1. The SMILES string of the molecule is Cc1cc(N2CC3(CN(C(=O)C4CN(C)C4)C3)C2)cc2c(N(C)c3nc(-c4ccc(F)cc4)c(C#N)s3)c(C3CC3)nn12.Cc1cc(N2CC3(CNC3)C2)cc2c(N(C)c3nc(-c4ccc(F)cc4)c(C#N)s3)c(C3CC3)nn12. The van der Waals surface area contributed by atoms with Crippen molar-refractivity contribution in [3.8, 4) is 34.7 Å². The van der Waals surface area contributed by atoms with Gasteiger partial charge in [0.15, 0.2) is 10.3 Å². The summed E-state index contributed by atoms with van der Waals surface area (Å²) in [5.74, 6) is 0.732. The lowest BCUT2D eigenvalue weighted by Gasteiger charge is -2.61. The monoisotopic (exact) mass is 1100 g/mol. The van der Waals surface area contributed by atoms with Crippen LogP contribution in [0, 0.1) is 64.9 Å². The van der Waals surface area contributed by atoms with Gasteiger partial charge < -0.3 is 34.7 Å². The number of hydrogen-bond acceptors (Lipinski definition) is 15. The van der Waals surface area contributed by atoms with Gasteiger partial charge in [-0.3, -0.25) is 4.79 Å². The van der Waals surface area contributed by atoms with Crippen molar-refractivity contribution in [3.05, 3.63) is 117 Å². The summed E-state index contributed by atoms with van der Waals surface area (Å²) >= 11 is 2.70. The van der Waals surface area contributed by atoms with Gasteiger partial charge in [-0.05, 0) is 119 Å². The van der Waals surface area contributed by atoms with Crippen molar-refractivity contribution in [2.45, 2.75) is 51.4 Å². The second kappa shape index (κ2) is 18.6. The summed E-state index contributed by atoms with van der Waals surface area (Å²) in [6.07, 6.45) is 4.50. The third kappa shape index (κ3) is 8.57. The van der Waals surface area contributed by atoms with E-state index in [1.54, 1.807) is 24.3 Å². The van der Waals surface area contributed by atoms with Crippen LogP contribution in [0.4, 0.5) is 41.8 Å². The minimum absolute atomic E-state index is 0.176. The van der Waals surface area contributed by atoms with E-state index in [0.717, 1.165) is 153 Å². The Morgan fingerprint density at radius 1 is 0.658 bits per heavy atom. The van der Waals surface area contributed by atoms with E-state index in [0.29, 0.717) is 49.4 Å². The van der Waals surface area contributed by atoms with Crippen molar-refractivity contribution in [2.75, 3.05) is 106 Å². The van der Waals surface area contributed by atoms with Crippen LogP contribution in [-0.4, -0.2) is 131 Å². The highest BCUT2D eigenvalue weighted by Crippen LogP contribution is 2.51. The number of amides is 1. The molecular weight excluding hydrogens is 1040 g/mol. The average molecular weight is 1100 g/mol. The number of carbonyl (C=O) groups is 1. The maximum Gasteiger partial charge on any atom is 0.228 e. The van der Waals surface area contributed by atoms with Gasteiger partial charge in [0.1, 0.15) is 44.9 Å². The number of aryl methyl sites for hydroxylation is 2. The van der Waals surface area contributed by atoms with E-state index in [1.165, 1.54) is 58.3 Å². The van der Waals surface area contributed by atoms with Crippen molar-refractivity contribution in [1.82, 2.24) is 44.3 Å². The number of fused-ring (bicyclic) bond motifs is 2. The minimum atomic E-state index is -0.320. The molecule has 2 aromatic carbocycles. The predicted molar refractivity (Wildman–Crippen MR) is 304 cm³/mol. The molecule has 2 spiro atoms. The molecule has 1 N–H and O–H groups in total. The first kappa shape index (κ1) is 49.8. The minimum Gasteiger partial charge on any atom is -0.370 e. The van der Waals surface area contributed by atoms with Crippen molar-refractivity contribution < 1.29 is 13.6 Å². The number of aromatic nitrogens is 6. The lowest BCUT2D eigenvalue weighted by Crippen LogP contribution is -2.74. The lowest BCUT2D eigenvalue weighted by atomic mass is 9.72. The van der Waals surface area contributed by atoms with E-state index in [4.69, 9.17) is 20.2 Å². The van der Waals surface area contributed by atoms with E-state index in [2.05, 4.69) is 96.5 Å². The highest BCUT2D eigenvalue weighted by molar-refractivity contribution is 7.17. The maximum absolute atomic E-state index is 13.6. The normalized spacial score (nSPS) is 19.0. The molecule has 7 aliphatic rings. The van der Waals surface area contributed by atoms with Crippen LogP contribution in [0.5, 0.6) is 0 Å². The summed E-state index contributed by atoms with van der Waals surface area (Å²) in [6.45, 7) is 14.0. The number of nitrogens with zero attached hydrogens (tertiary/aromatic N) is 14. The Labute approximate surface area is 464 Å². The summed E-state index contributed by atoms with van der Waals surface area (Å²) in [4.78, 5) is 36.8. The number of thiazole rings is 2. The Morgan fingerprint density at radius 3 is 1.47 bits per heavy atom. The maximum atomic E-state index is 13.6. The molecule has 0 unspecified atom stereocenters. The van der Waals surface area contributed by atoms with Crippen LogP contribution in [0.1, 0.15) is 70.0 Å². The van der Waals surface area contributed by atoms with E-state index < -0.39 is 0 Å². The molecule has 5 aliphatic heterocycles. The number of hydrogen-bond donors (Lipinski definition) is 1. The molecule has 0 radical (unpaired) electrons. The van der Waals surface area contributed by atoms with Gasteiger partial charge in [-0.15, -0.1) is 0 Å². The van der Waals surface area contributed by atoms with Gasteiger partial charge in [-0.1, -0.05) is 22.7 Å². The first-order valence-electron chi connectivity index (χ1n) is 27.2. The fourth-order valence-corrected chi connectivity index (χ4v) is 14.3. The Hall–Kier alpha value is -7.49. The van der Waals surface area contributed by atoms with Crippen LogP contribution < -0.4 is 24.9 Å². The Morgan fingerprint density at radius 2 is 1.09 bits per heavy atom. The molecule has 2 aliphatic carbocycles. The van der Waals surface area contributed by atoms with Crippen LogP contribution in [0.2, 0.25) is 0 Å². The molecule has 6 aromatic heterocycles. The molecule has 402 valence electrons. The standard InChI is InChI=1S/C32H33FN8OS.C27H26FN7S/c1-19-10-24(39-15-32(16-39)17-40(18-32)30(42)22-13-37(2)14-22)11-25-29(28(21-4-5-21)36-41(19)25)38(3)31-35-27(26(12-34)43-31)20-6-8-23(33)9-7-20;1-16-9-20(34-14-27(15-34)12-30-13-27)10-21-25(24(18-3-4-18)32-35(16)21)33(2)26-31-23(22(11-29)36-26)17-5-7-19(28)8-6-17/h6-11,21-22H,4-5,13-18H2,1-3H3;5-10,18,30H,3-4,12-15H2,1-2H3. The highest BCUT2D eigenvalue weighted by Gasteiger charge is 2.55. The number of halogens is 2. The van der Waals surface area contributed by atoms with Gasteiger partial charge in [0.2, 0.25) is 5.91 Å². The molecule has 0 atom stereocenters. The fourth-order valence-electron chi connectivity index (χ4n) is 12.6. The Balaban J connectivity index is 0.000000145. The van der Waals surface area contributed by atoms with Crippen LogP contribution in [0.15, 0.2) is 72.8 Å². The summed E-state index contributed by atoms with van der Waals surface area (Å²) in [7, 11) is 6.07. The average Bonchev–Trinajstić information content (AvgIpc) is 4.17. The number of anilines is 6. The number of nitriles is 2. The largest absolute Gasteiger partial charge is 0.370 e. The molecule has 15 rings (SSSR count).